The first-order valence-electron chi connectivity index (χ1n) is 21.8. The molecular formula is C58H39BN2O. The normalized spacial score (nSPS) is 15.4. The lowest BCUT2D eigenvalue weighted by molar-refractivity contribution is 0.659. The molecule has 4 heterocycles. The second kappa shape index (κ2) is 12.1. The summed E-state index contributed by atoms with van der Waals surface area (Å²) in [5, 5.41) is 2.26. The first-order valence-corrected chi connectivity index (χ1v) is 21.8. The van der Waals surface area contributed by atoms with Gasteiger partial charge in [0.15, 0.2) is 0 Å². The van der Waals surface area contributed by atoms with Crippen LogP contribution in [0.4, 0.5) is 28.4 Å². The fourth-order valence-corrected chi connectivity index (χ4v) is 12.3. The Balaban J connectivity index is 1.20. The highest BCUT2D eigenvalue weighted by molar-refractivity contribution is 6.93. The minimum atomic E-state index is -0.594. The van der Waals surface area contributed by atoms with Gasteiger partial charge in [-0.2, -0.15) is 0 Å². The molecule has 0 atom stereocenters. The molecular weight excluding hydrogens is 751 g/mol. The number of para-hydroxylation sites is 4. The first-order chi connectivity index (χ1) is 30.5. The van der Waals surface area contributed by atoms with Crippen molar-refractivity contribution in [1.29, 1.82) is 0 Å². The molecule has 10 aromatic rings. The van der Waals surface area contributed by atoms with E-state index in [1.165, 1.54) is 89.3 Å². The van der Waals surface area contributed by atoms with Crippen molar-refractivity contribution in [2.24, 2.45) is 0 Å². The van der Waals surface area contributed by atoms with Gasteiger partial charge in [-0.05, 0) is 103 Å². The van der Waals surface area contributed by atoms with E-state index >= 15 is 0 Å². The van der Waals surface area contributed by atoms with Crippen molar-refractivity contribution in [3.05, 3.63) is 234 Å². The molecule has 0 fully saturated rings. The van der Waals surface area contributed by atoms with Crippen LogP contribution in [-0.2, 0) is 10.8 Å². The van der Waals surface area contributed by atoms with Crippen molar-refractivity contribution in [1.82, 2.24) is 0 Å². The van der Waals surface area contributed by atoms with Gasteiger partial charge >= 0.3 is 6.85 Å². The SMILES string of the molecule is CC1(C)c2ccccc2-c2cc3c4c(c21)N1c2ccccc2C(c2ccccc2)(c2ccccc2)c2cccc(c21)B4N(c1ccccc1)c1cc2c(cc1-3)oc1ccccc12. The average Bonchev–Trinajstić information content (AvgIpc) is 3.80. The van der Waals surface area contributed by atoms with Crippen LogP contribution < -0.4 is 20.6 Å². The molecule has 0 N–H and O–H groups in total. The summed E-state index contributed by atoms with van der Waals surface area (Å²) in [5.74, 6) is 0. The van der Waals surface area contributed by atoms with Gasteiger partial charge in [0, 0.05) is 44.5 Å². The Morgan fingerprint density at radius 1 is 0.452 bits per heavy atom. The van der Waals surface area contributed by atoms with Crippen molar-refractivity contribution < 1.29 is 4.42 Å². The summed E-state index contributed by atoms with van der Waals surface area (Å²) < 4.78 is 6.70. The minimum absolute atomic E-state index is 0.143. The average molecular weight is 791 g/mol. The van der Waals surface area contributed by atoms with E-state index in [0.29, 0.717) is 0 Å². The predicted octanol–water partition coefficient (Wildman–Crippen LogP) is 13.3. The Morgan fingerprint density at radius 2 is 1.10 bits per heavy atom. The van der Waals surface area contributed by atoms with Crippen LogP contribution in [0.5, 0.6) is 0 Å². The van der Waals surface area contributed by atoms with Crippen LogP contribution in [0.15, 0.2) is 205 Å². The molecule has 0 unspecified atom stereocenters. The zero-order valence-corrected chi connectivity index (χ0v) is 34.4. The van der Waals surface area contributed by atoms with Gasteiger partial charge in [0.25, 0.3) is 0 Å². The summed E-state index contributed by atoms with van der Waals surface area (Å²) in [6.07, 6.45) is 0. The van der Waals surface area contributed by atoms with E-state index in [9.17, 15) is 0 Å². The Kier molecular flexibility index (Phi) is 6.65. The highest BCUT2D eigenvalue weighted by Crippen LogP contribution is 2.63. The molecule has 0 spiro atoms. The van der Waals surface area contributed by atoms with Crippen LogP contribution in [0.25, 0.3) is 44.2 Å². The van der Waals surface area contributed by atoms with Crippen molar-refractivity contribution in [2.75, 3.05) is 9.71 Å². The van der Waals surface area contributed by atoms with E-state index in [0.717, 1.165) is 27.6 Å². The topological polar surface area (TPSA) is 19.6 Å². The molecule has 0 radical (unpaired) electrons. The lowest BCUT2D eigenvalue weighted by Gasteiger charge is -2.53. The third-order valence-corrected chi connectivity index (χ3v) is 14.6. The van der Waals surface area contributed by atoms with Crippen LogP contribution in [0.1, 0.15) is 47.2 Å². The molecule has 1 aliphatic carbocycles. The Bertz CT molecular complexity index is 3480. The van der Waals surface area contributed by atoms with Gasteiger partial charge in [-0.15, -0.1) is 0 Å². The Morgan fingerprint density at radius 3 is 1.87 bits per heavy atom. The summed E-state index contributed by atoms with van der Waals surface area (Å²) in [5.41, 5.74) is 22.6. The van der Waals surface area contributed by atoms with Gasteiger partial charge in [-0.1, -0.05) is 172 Å². The number of nitrogens with zero attached hydrogens (tertiary/aromatic N) is 2. The van der Waals surface area contributed by atoms with Crippen LogP contribution in [0, 0.1) is 0 Å². The lowest BCUT2D eigenvalue weighted by atomic mass is 9.41. The van der Waals surface area contributed by atoms with Crippen molar-refractivity contribution in [3.8, 4) is 22.3 Å². The minimum Gasteiger partial charge on any atom is -0.456 e. The zero-order valence-electron chi connectivity index (χ0n) is 34.4. The molecule has 4 heteroatoms. The maximum absolute atomic E-state index is 6.70. The van der Waals surface area contributed by atoms with Crippen LogP contribution in [0.2, 0.25) is 0 Å². The second-order valence-electron chi connectivity index (χ2n) is 17.9. The number of hydrogen-bond acceptors (Lipinski definition) is 3. The summed E-state index contributed by atoms with van der Waals surface area (Å²) in [6, 6.07) is 74.7. The van der Waals surface area contributed by atoms with Gasteiger partial charge in [-0.25, -0.2) is 0 Å². The molecule has 3 nitrogen and oxygen atoms in total. The highest BCUT2D eigenvalue weighted by Gasteiger charge is 2.55. The fraction of sp³-hybridized carbons (Fsp3) is 0.0690. The Hall–Kier alpha value is -7.56. The van der Waals surface area contributed by atoms with E-state index in [1.807, 2.05) is 0 Å². The Labute approximate surface area is 361 Å². The van der Waals surface area contributed by atoms with Crippen molar-refractivity contribution in [3.63, 3.8) is 0 Å². The summed E-state index contributed by atoms with van der Waals surface area (Å²) in [6.45, 7) is 4.74. The van der Waals surface area contributed by atoms with E-state index in [2.05, 4.69) is 224 Å². The molecule has 290 valence electrons. The van der Waals surface area contributed by atoms with Gasteiger partial charge in [0.2, 0.25) is 0 Å². The van der Waals surface area contributed by atoms with Crippen LogP contribution >= 0.6 is 0 Å². The van der Waals surface area contributed by atoms with E-state index in [-0.39, 0.29) is 12.3 Å². The number of anilines is 5. The predicted molar refractivity (Wildman–Crippen MR) is 257 cm³/mol. The van der Waals surface area contributed by atoms with Gasteiger partial charge in [-0.3, -0.25) is 0 Å². The zero-order chi connectivity index (χ0) is 40.9. The van der Waals surface area contributed by atoms with E-state index in [1.54, 1.807) is 0 Å². The standard InChI is InChI=1S/C58H39BN2O/c1-57(2)45-27-14-12-25-39(45)43-33-44-41-35-52-42(40-26-13-17-32-51(40)62-52)34-50(41)61(38-23-10-5-11-24-38)59-48-30-18-29-47-55(48)60(56(53(43)57)54(44)59)49-31-16-15-28-46(49)58(47,36-19-6-3-7-20-36)37-21-8-4-9-22-37/h3-35H,1-2H3. The smallest absolute Gasteiger partial charge is 0.333 e. The molecule has 3 aliphatic heterocycles. The molecule has 1 aromatic heterocycles. The number of fused-ring (bicyclic) bond motifs is 13. The number of rotatable bonds is 3. The number of hydrogen-bond donors (Lipinski definition) is 0. The molecule has 0 saturated heterocycles. The van der Waals surface area contributed by atoms with Crippen molar-refractivity contribution >= 4 is 68.1 Å². The largest absolute Gasteiger partial charge is 0.456 e. The molecule has 9 aromatic carbocycles. The third kappa shape index (κ3) is 4.12. The lowest BCUT2D eigenvalue weighted by Crippen LogP contribution is -2.63. The van der Waals surface area contributed by atoms with Gasteiger partial charge < -0.3 is 14.1 Å². The van der Waals surface area contributed by atoms with E-state index in [4.69, 9.17) is 4.42 Å². The third-order valence-electron chi connectivity index (χ3n) is 14.6. The molecule has 4 aliphatic rings. The molecule has 62 heavy (non-hydrogen) atoms. The molecule has 0 amide bonds. The van der Waals surface area contributed by atoms with Crippen LogP contribution in [0.3, 0.4) is 0 Å². The van der Waals surface area contributed by atoms with E-state index < -0.39 is 5.41 Å². The summed E-state index contributed by atoms with van der Waals surface area (Å²) in [7, 11) is 0. The van der Waals surface area contributed by atoms with Crippen LogP contribution in [-0.4, -0.2) is 6.85 Å². The number of furan rings is 1. The second-order valence-corrected chi connectivity index (χ2v) is 17.9. The maximum atomic E-state index is 6.70. The van der Waals surface area contributed by atoms with Crippen molar-refractivity contribution in [2.45, 2.75) is 24.7 Å². The quantitative estimate of drug-likeness (QED) is 0.166. The van der Waals surface area contributed by atoms with Gasteiger partial charge in [0.05, 0.1) is 11.1 Å². The summed E-state index contributed by atoms with van der Waals surface area (Å²) in [4.78, 5) is 5.34. The molecule has 14 rings (SSSR count). The van der Waals surface area contributed by atoms with Gasteiger partial charge in [0.1, 0.15) is 11.2 Å². The fourth-order valence-electron chi connectivity index (χ4n) is 12.3. The summed E-state index contributed by atoms with van der Waals surface area (Å²) >= 11 is 0. The monoisotopic (exact) mass is 790 g/mol. The molecule has 0 saturated carbocycles. The number of benzene rings is 9. The highest BCUT2D eigenvalue weighted by atomic mass is 16.3. The first kappa shape index (κ1) is 34.2. The maximum Gasteiger partial charge on any atom is 0.333 e. The molecule has 0 bridgehead atoms.